The van der Waals surface area contributed by atoms with E-state index in [2.05, 4.69) is 41.5 Å². The molecule has 0 saturated carbocycles. The summed E-state index contributed by atoms with van der Waals surface area (Å²) in [6.45, 7) is 3.88. The third-order valence-corrected chi connectivity index (χ3v) is 3.24. The van der Waals surface area contributed by atoms with Gasteiger partial charge < -0.3 is 5.32 Å². The van der Waals surface area contributed by atoms with Crippen molar-refractivity contribution < 1.29 is 0 Å². The molecule has 0 fully saturated rings. The fraction of sp³-hybridized carbons (Fsp3) is 0.286. The summed E-state index contributed by atoms with van der Waals surface area (Å²) in [7, 11) is 0. The van der Waals surface area contributed by atoms with E-state index >= 15 is 0 Å². The molecular formula is C14H16N4. The van der Waals surface area contributed by atoms with Gasteiger partial charge in [-0.3, -0.25) is 9.98 Å². The van der Waals surface area contributed by atoms with Crippen LogP contribution in [0, 0.1) is 12.3 Å². The zero-order valence-electron chi connectivity index (χ0n) is 10.4. The van der Waals surface area contributed by atoms with Gasteiger partial charge in [0.15, 0.2) is 0 Å². The van der Waals surface area contributed by atoms with Crippen LogP contribution in [0.15, 0.2) is 30.3 Å². The lowest BCUT2D eigenvalue weighted by atomic mass is 10.1. The van der Waals surface area contributed by atoms with Crippen LogP contribution in [-0.4, -0.2) is 16.1 Å². The van der Waals surface area contributed by atoms with Gasteiger partial charge in [-0.15, -0.1) is 0 Å². The number of hydrogen-bond acceptors (Lipinski definition) is 3. The Kier molecular flexibility index (Phi) is 2.63. The molecule has 18 heavy (non-hydrogen) atoms. The van der Waals surface area contributed by atoms with Crippen molar-refractivity contribution in [1.82, 2.24) is 9.55 Å². The Morgan fingerprint density at radius 2 is 2.06 bits per heavy atom. The SMILES string of the molecule is Cc1ccc(-c2cc(=N)n3c(n2)NCCC3)cc1. The van der Waals surface area contributed by atoms with Gasteiger partial charge in [0.05, 0.1) is 5.69 Å². The van der Waals surface area contributed by atoms with E-state index in [1.165, 1.54) is 5.56 Å². The highest BCUT2D eigenvalue weighted by Gasteiger charge is 2.11. The van der Waals surface area contributed by atoms with Gasteiger partial charge in [-0.1, -0.05) is 29.8 Å². The van der Waals surface area contributed by atoms with E-state index < -0.39 is 0 Å². The van der Waals surface area contributed by atoms with Crippen LogP contribution >= 0.6 is 0 Å². The first-order valence-corrected chi connectivity index (χ1v) is 6.21. The average molecular weight is 240 g/mol. The molecule has 0 spiro atoms. The van der Waals surface area contributed by atoms with E-state index in [-0.39, 0.29) is 0 Å². The summed E-state index contributed by atoms with van der Waals surface area (Å²) in [5.74, 6) is 0.810. The summed E-state index contributed by atoms with van der Waals surface area (Å²) in [6.07, 6.45) is 1.05. The molecule has 0 unspecified atom stereocenters. The van der Waals surface area contributed by atoms with E-state index in [1.807, 2.05) is 10.6 Å². The van der Waals surface area contributed by atoms with Crippen molar-refractivity contribution >= 4 is 5.95 Å². The fourth-order valence-corrected chi connectivity index (χ4v) is 2.20. The molecule has 1 aromatic carbocycles. The number of anilines is 1. The van der Waals surface area contributed by atoms with Crippen LogP contribution in [0.25, 0.3) is 11.3 Å². The summed E-state index contributed by atoms with van der Waals surface area (Å²) < 4.78 is 1.92. The number of nitrogens with zero attached hydrogens (tertiary/aromatic N) is 2. The molecule has 4 heteroatoms. The first-order chi connectivity index (χ1) is 8.74. The molecule has 3 rings (SSSR count). The number of benzene rings is 1. The van der Waals surface area contributed by atoms with Gasteiger partial charge in [-0.25, -0.2) is 4.98 Å². The molecule has 0 aliphatic carbocycles. The van der Waals surface area contributed by atoms with E-state index in [0.29, 0.717) is 5.49 Å². The van der Waals surface area contributed by atoms with Crippen LogP contribution in [0.5, 0.6) is 0 Å². The number of aromatic nitrogens is 2. The maximum Gasteiger partial charge on any atom is 0.204 e. The highest BCUT2D eigenvalue weighted by molar-refractivity contribution is 5.60. The molecule has 0 atom stereocenters. The lowest BCUT2D eigenvalue weighted by Crippen LogP contribution is -2.30. The van der Waals surface area contributed by atoms with Crippen molar-refractivity contribution in [1.29, 1.82) is 5.41 Å². The molecule has 2 aromatic rings. The Balaban J connectivity index is 2.11. The second-order valence-electron chi connectivity index (χ2n) is 4.65. The highest BCUT2D eigenvalue weighted by Crippen LogP contribution is 2.19. The molecular weight excluding hydrogens is 224 g/mol. The summed E-state index contributed by atoms with van der Waals surface area (Å²) >= 11 is 0. The fourth-order valence-electron chi connectivity index (χ4n) is 2.20. The molecule has 1 aliphatic rings. The average Bonchev–Trinajstić information content (AvgIpc) is 2.39. The molecule has 92 valence electrons. The summed E-state index contributed by atoms with van der Waals surface area (Å²) in [4.78, 5) is 4.61. The standard InChI is InChI=1S/C14H16N4/c1-10-3-5-11(6-4-10)12-9-13(15)18-8-2-7-16-14(18)17-12/h3-6,9,15H,2,7-8H2,1H3,(H,16,17). The summed E-state index contributed by atoms with van der Waals surface area (Å²) in [6, 6.07) is 10.1. The Hall–Kier alpha value is -2.10. The molecule has 0 saturated heterocycles. The van der Waals surface area contributed by atoms with Crippen LogP contribution < -0.4 is 10.8 Å². The van der Waals surface area contributed by atoms with Crippen molar-refractivity contribution in [3.8, 4) is 11.3 Å². The summed E-state index contributed by atoms with van der Waals surface area (Å²) in [5, 5.41) is 11.3. The summed E-state index contributed by atoms with van der Waals surface area (Å²) in [5.41, 5.74) is 3.67. The van der Waals surface area contributed by atoms with Crippen molar-refractivity contribution in [2.24, 2.45) is 0 Å². The van der Waals surface area contributed by atoms with Gasteiger partial charge in [0.2, 0.25) is 5.95 Å². The largest absolute Gasteiger partial charge is 0.356 e. The molecule has 4 nitrogen and oxygen atoms in total. The third kappa shape index (κ3) is 1.90. The Morgan fingerprint density at radius 1 is 1.28 bits per heavy atom. The van der Waals surface area contributed by atoms with Crippen LogP contribution in [-0.2, 0) is 6.54 Å². The topological polar surface area (TPSA) is 53.7 Å². The number of rotatable bonds is 1. The van der Waals surface area contributed by atoms with Crippen molar-refractivity contribution in [2.75, 3.05) is 11.9 Å². The van der Waals surface area contributed by atoms with E-state index in [0.717, 1.165) is 36.7 Å². The second kappa shape index (κ2) is 4.29. The highest BCUT2D eigenvalue weighted by atomic mass is 15.2. The molecule has 0 amide bonds. The van der Waals surface area contributed by atoms with Crippen LogP contribution in [0.3, 0.4) is 0 Å². The quantitative estimate of drug-likeness (QED) is 0.802. The molecule has 2 heterocycles. The normalized spacial score (nSPS) is 13.8. The van der Waals surface area contributed by atoms with E-state index in [9.17, 15) is 0 Å². The Bertz CT molecular complexity index is 625. The van der Waals surface area contributed by atoms with Crippen LogP contribution in [0.1, 0.15) is 12.0 Å². The number of aryl methyl sites for hydroxylation is 1. The smallest absolute Gasteiger partial charge is 0.204 e. The molecule has 1 aliphatic heterocycles. The minimum Gasteiger partial charge on any atom is -0.356 e. The zero-order valence-corrected chi connectivity index (χ0v) is 10.4. The monoisotopic (exact) mass is 240 g/mol. The van der Waals surface area contributed by atoms with Gasteiger partial charge >= 0.3 is 0 Å². The first kappa shape index (κ1) is 11.0. The van der Waals surface area contributed by atoms with Crippen LogP contribution in [0.4, 0.5) is 5.95 Å². The predicted molar refractivity (Wildman–Crippen MR) is 71.4 cm³/mol. The van der Waals surface area contributed by atoms with Gasteiger partial charge in [-0.2, -0.15) is 0 Å². The minimum atomic E-state index is 0.516. The molecule has 0 radical (unpaired) electrons. The van der Waals surface area contributed by atoms with Gasteiger partial charge in [0.1, 0.15) is 5.49 Å². The van der Waals surface area contributed by atoms with Crippen molar-refractivity contribution in [3.63, 3.8) is 0 Å². The maximum absolute atomic E-state index is 8.06. The number of hydrogen-bond donors (Lipinski definition) is 2. The molecule has 2 N–H and O–H groups in total. The van der Waals surface area contributed by atoms with Gasteiger partial charge in [0, 0.05) is 24.7 Å². The van der Waals surface area contributed by atoms with Crippen LogP contribution in [0.2, 0.25) is 0 Å². The zero-order chi connectivity index (χ0) is 12.5. The third-order valence-electron chi connectivity index (χ3n) is 3.24. The molecule has 0 bridgehead atoms. The van der Waals surface area contributed by atoms with E-state index in [4.69, 9.17) is 5.41 Å². The maximum atomic E-state index is 8.06. The van der Waals surface area contributed by atoms with Gasteiger partial charge in [-0.05, 0) is 13.3 Å². The lowest BCUT2D eigenvalue weighted by molar-refractivity contribution is 0.584. The van der Waals surface area contributed by atoms with E-state index in [1.54, 1.807) is 0 Å². The van der Waals surface area contributed by atoms with Crippen molar-refractivity contribution in [2.45, 2.75) is 19.9 Å². The lowest BCUT2D eigenvalue weighted by Gasteiger charge is -2.20. The Labute approximate surface area is 106 Å². The Morgan fingerprint density at radius 3 is 2.83 bits per heavy atom. The van der Waals surface area contributed by atoms with Crippen molar-refractivity contribution in [3.05, 3.63) is 41.4 Å². The molecule has 1 aromatic heterocycles. The van der Waals surface area contributed by atoms with Gasteiger partial charge in [0.25, 0.3) is 0 Å². The predicted octanol–water partition coefficient (Wildman–Crippen LogP) is 2.15. The number of fused-ring (bicyclic) bond motifs is 1. The number of nitrogens with one attached hydrogen (secondary N) is 2. The minimum absolute atomic E-state index is 0.516. The second-order valence-corrected chi connectivity index (χ2v) is 4.65. The first-order valence-electron chi connectivity index (χ1n) is 6.21.